The fraction of sp³-hybridized carbons (Fsp3) is 0.364. The molecule has 0 saturated heterocycles. The molecule has 28 heavy (non-hydrogen) atoms. The lowest BCUT2D eigenvalue weighted by molar-refractivity contribution is -0.130. The van der Waals surface area contributed by atoms with Crippen LogP contribution in [-0.2, 0) is 16.0 Å². The van der Waals surface area contributed by atoms with Gasteiger partial charge in [-0.25, -0.2) is 0 Å². The average molecular weight is 403 g/mol. The first-order valence-corrected chi connectivity index (χ1v) is 9.70. The van der Waals surface area contributed by atoms with Gasteiger partial charge in [-0.1, -0.05) is 49.7 Å². The summed E-state index contributed by atoms with van der Waals surface area (Å²) in [4.78, 5) is 24.2. The molecule has 2 rings (SSSR count). The molecule has 0 spiro atoms. The molecular weight excluding hydrogens is 376 g/mol. The quantitative estimate of drug-likeness (QED) is 0.683. The summed E-state index contributed by atoms with van der Waals surface area (Å²) >= 11 is 5.89. The van der Waals surface area contributed by atoms with Gasteiger partial charge in [-0.15, -0.1) is 0 Å². The van der Waals surface area contributed by atoms with Crippen LogP contribution in [0.2, 0.25) is 5.02 Å². The third kappa shape index (κ3) is 6.57. The summed E-state index contributed by atoms with van der Waals surface area (Å²) in [6.45, 7) is 7.78. The molecular formula is C22H27ClN2O3. The molecule has 1 unspecified atom stereocenters. The Kier molecular flexibility index (Phi) is 7.88. The standard InChI is InChI=1S/C22H27ClN2O3/c1-14(2)11-17-5-7-18(8-6-17)16(4)22(27)25-24-21(26)13-28-20-10-9-19(23)12-15(20)3/h5-10,12,14,16H,11,13H2,1-4H3,(H,24,26)(H,25,27). The summed E-state index contributed by atoms with van der Waals surface area (Å²) in [7, 11) is 0. The van der Waals surface area contributed by atoms with E-state index >= 15 is 0 Å². The van der Waals surface area contributed by atoms with Crippen LogP contribution < -0.4 is 15.6 Å². The lowest BCUT2D eigenvalue weighted by atomic mass is 9.96. The second-order valence-electron chi connectivity index (χ2n) is 7.30. The zero-order chi connectivity index (χ0) is 20.7. The molecule has 0 aliphatic heterocycles. The molecule has 6 heteroatoms. The van der Waals surface area contributed by atoms with E-state index in [0.717, 1.165) is 17.5 Å². The largest absolute Gasteiger partial charge is 0.483 e. The number of benzene rings is 2. The first kappa shape index (κ1) is 21.8. The summed E-state index contributed by atoms with van der Waals surface area (Å²) in [5, 5.41) is 0.604. The number of rotatable bonds is 7. The van der Waals surface area contributed by atoms with Crippen molar-refractivity contribution < 1.29 is 14.3 Å². The van der Waals surface area contributed by atoms with E-state index in [0.29, 0.717) is 16.7 Å². The Morgan fingerprint density at radius 1 is 1.04 bits per heavy atom. The highest BCUT2D eigenvalue weighted by Gasteiger charge is 2.16. The van der Waals surface area contributed by atoms with Crippen molar-refractivity contribution in [2.24, 2.45) is 5.92 Å². The van der Waals surface area contributed by atoms with Gasteiger partial charge in [0.05, 0.1) is 5.92 Å². The van der Waals surface area contributed by atoms with Gasteiger partial charge < -0.3 is 4.74 Å². The number of hydrogen-bond donors (Lipinski definition) is 2. The molecule has 150 valence electrons. The fourth-order valence-corrected chi connectivity index (χ4v) is 2.99. The van der Waals surface area contributed by atoms with E-state index in [2.05, 4.69) is 24.7 Å². The highest BCUT2D eigenvalue weighted by molar-refractivity contribution is 6.30. The number of amides is 2. The minimum atomic E-state index is -0.442. The van der Waals surface area contributed by atoms with Crippen molar-refractivity contribution in [2.45, 2.75) is 40.0 Å². The molecule has 0 aliphatic carbocycles. The summed E-state index contributed by atoms with van der Waals surface area (Å²) in [5.74, 6) is 0.0454. The SMILES string of the molecule is Cc1cc(Cl)ccc1OCC(=O)NNC(=O)C(C)c1ccc(CC(C)C)cc1. The average Bonchev–Trinajstić information content (AvgIpc) is 2.65. The van der Waals surface area contributed by atoms with Gasteiger partial charge in [-0.05, 0) is 61.1 Å². The maximum Gasteiger partial charge on any atom is 0.276 e. The molecule has 0 radical (unpaired) electrons. The van der Waals surface area contributed by atoms with Gasteiger partial charge >= 0.3 is 0 Å². The second kappa shape index (κ2) is 10.1. The van der Waals surface area contributed by atoms with Gasteiger partial charge in [0, 0.05) is 5.02 Å². The van der Waals surface area contributed by atoms with Crippen LogP contribution in [0, 0.1) is 12.8 Å². The molecule has 0 saturated carbocycles. The van der Waals surface area contributed by atoms with Crippen LogP contribution in [-0.4, -0.2) is 18.4 Å². The van der Waals surface area contributed by atoms with Gasteiger partial charge in [0.1, 0.15) is 5.75 Å². The Morgan fingerprint density at radius 2 is 1.71 bits per heavy atom. The summed E-state index contributed by atoms with van der Waals surface area (Å²) < 4.78 is 5.45. The lowest BCUT2D eigenvalue weighted by Crippen LogP contribution is -2.45. The van der Waals surface area contributed by atoms with E-state index in [4.69, 9.17) is 16.3 Å². The predicted molar refractivity (Wildman–Crippen MR) is 111 cm³/mol. The summed E-state index contributed by atoms with van der Waals surface area (Å²) in [6.07, 6.45) is 1.00. The Bertz CT molecular complexity index is 819. The van der Waals surface area contributed by atoms with Crippen LogP contribution in [0.15, 0.2) is 42.5 Å². The second-order valence-corrected chi connectivity index (χ2v) is 7.73. The Labute approximate surface area is 171 Å². The third-order valence-corrected chi connectivity index (χ3v) is 4.57. The fourth-order valence-electron chi connectivity index (χ4n) is 2.76. The maximum absolute atomic E-state index is 12.3. The van der Waals surface area contributed by atoms with Crippen LogP contribution in [0.3, 0.4) is 0 Å². The number of aryl methyl sites for hydroxylation is 1. The monoisotopic (exact) mass is 402 g/mol. The smallest absolute Gasteiger partial charge is 0.276 e. The van der Waals surface area contributed by atoms with Crippen LogP contribution in [0.4, 0.5) is 0 Å². The molecule has 0 aromatic heterocycles. The van der Waals surface area contributed by atoms with E-state index in [-0.39, 0.29) is 18.4 Å². The zero-order valence-corrected chi connectivity index (χ0v) is 17.5. The van der Waals surface area contributed by atoms with E-state index in [1.165, 1.54) is 5.56 Å². The normalized spacial score (nSPS) is 11.8. The molecule has 2 aromatic rings. The molecule has 0 aliphatic rings. The van der Waals surface area contributed by atoms with Crippen LogP contribution >= 0.6 is 11.6 Å². The number of carbonyl (C=O) groups excluding carboxylic acids is 2. The van der Waals surface area contributed by atoms with E-state index in [1.54, 1.807) is 25.1 Å². The van der Waals surface area contributed by atoms with Crippen molar-refractivity contribution in [1.82, 2.24) is 10.9 Å². The predicted octanol–water partition coefficient (Wildman–Crippen LogP) is 4.18. The van der Waals surface area contributed by atoms with Crippen molar-refractivity contribution in [2.75, 3.05) is 6.61 Å². The zero-order valence-electron chi connectivity index (χ0n) is 16.7. The van der Waals surface area contributed by atoms with Gasteiger partial charge in [-0.2, -0.15) is 0 Å². The molecule has 0 heterocycles. The number of halogens is 1. The highest BCUT2D eigenvalue weighted by atomic mass is 35.5. The first-order chi connectivity index (χ1) is 13.3. The lowest BCUT2D eigenvalue weighted by Gasteiger charge is -2.15. The van der Waals surface area contributed by atoms with Crippen LogP contribution in [0.5, 0.6) is 5.75 Å². The molecule has 2 N–H and O–H groups in total. The molecule has 2 amide bonds. The topological polar surface area (TPSA) is 67.4 Å². The minimum Gasteiger partial charge on any atom is -0.483 e. The van der Waals surface area contributed by atoms with E-state index < -0.39 is 5.91 Å². The first-order valence-electron chi connectivity index (χ1n) is 9.32. The molecule has 0 fully saturated rings. The number of carbonyl (C=O) groups is 2. The van der Waals surface area contributed by atoms with Crippen molar-refractivity contribution in [3.63, 3.8) is 0 Å². The van der Waals surface area contributed by atoms with Gasteiger partial charge in [0.2, 0.25) is 5.91 Å². The van der Waals surface area contributed by atoms with Crippen LogP contribution in [0.25, 0.3) is 0 Å². The van der Waals surface area contributed by atoms with Crippen LogP contribution in [0.1, 0.15) is 43.4 Å². The van der Waals surface area contributed by atoms with Crippen molar-refractivity contribution >= 4 is 23.4 Å². The minimum absolute atomic E-state index is 0.207. The third-order valence-electron chi connectivity index (χ3n) is 4.34. The number of hydrazine groups is 1. The van der Waals surface area contributed by atoms with Crippen molar-refractivity contribution in [3.05, 3.63) is 64.2 Å². The summed E-state index contributed by atoms with van der Waals surface area (Å²) in [5.41, 5.74) is 7.80. The number of ether oxygens (including phenoxy) is 1. The van der Waals surface area contributed by atoms with Crippen molar-refractivity contribution in [3.8, 4) is 5.75 Å². The van der Waals surface area contributed by atoms with Crippen molar-refractivity contribution in [1.29, 1.82) is 0 Å². The van der Waals surface area contributed by atoms with Gasteiger partial charge in [-0.3, -0.25) is 20.4 Å². The van der Waals surface area contributed by atoms with Gasteiger partial charge in [0.25, 0.3) is 5.91 Å². The molecule has 2 aromatic carbocycles. The maximum atomic E-state index is 12.3. The Morgan fingerprint density at radius 3 is 2.32 bits per heavy atom. The molecule has 0 bridgehead atoms. The Hall–Kier alpha value is -2.53. The molecule has 1 atom stereocenters. The molecule has 5 nitrogen and oxygen atoms in total. The Balaban J connectivity index is 1.81. The van der Waals surface area contributed by atoms with E-state index in [9.17, 15) is 9.59 Å². The highest BCUT2D eigenvalue weighted by Crippen LogP contribution is 2.21. The summed E-state index contributed by atoms with van der Waals surface area (Å²) in [6, 6.07) is 13.1. The number of hydrogen-bond acceptors (Lipinski definition) is 3. The number of nitrogens with one attached hydrogen (secondary N) is 2. The van der Waals surface area contributed by atoms with E-state index in [1.807, 2.05) is 31.2 Å². The van der Waals surface area contributed by atoms with Gasteiger partial charge in [0.15, 0.2) is 6.61 Å².